The Hall–Kier alpha value is -2.11. The van der Waals surface area contributed by atoms with E-state index in [0.29, 0.717) is 0 Å². The predicted octanol–water partition coefficient (Wildman–Crippen LogP) is 0.0172. The maximum Gasteiger partial charge on any atom is 0.332 e. The van der Waals surface area contributed by atoms with Crippen molar-refractivity contribution in [1.29, 1.82) is 0 Å². The second kappa shape index (κ2) is 3.56. The number of carboxylic acid groups (broad SMARTS) is 1. The Morgan fingerprint density at radius 1 is 1.60 bits per heavy atom. The number of carboxylic acids is 1. The summed E-state index contributed by atoms with van der Waals surface area (Å²) in [7, 11) is 0. The molecule has 15 heavy (non-hydrogen) atoms. The number of pyridine rings is 1. The molecule has 0 saturated carbocycles. The van der Waals surface area contributed by atoms with Crippen molar-refractivity contribution in [2.75, 3.05) is 6.61 Å². The van der Waals surface area contributed by atoms with E-state index in [2.05, 4.69) is 9.98 Å². The maximum absolute atomic E-state index is 10.6. The topological polar surface area (TPSA) is 92.0 Å². The highest BCUT2D eigenvalue weighted by Crippen LogP contribution is 2.18. The highest BCUT2D eigenvalue weighted by molar-refractivity contribution is 5.97. The van der Waals surface area contributed by atoms with Crippen LogP contribution >= 0.6 is 0 Å². The summed E-state index contributed by atoms with van der Waals surface area (Å²) in [5.41, 5.74) is 0.168. The number of rotatable bonds is 2. The monoisotopic (exact) mass is 208 g/mol. The Labute approximate surface area is 84.9 Å². The first-order chi connectivity index (χ1) is 7.18. The summed E-state index contributed by atoms with van der Waals surface area (Å²) >= 11 is 0. The zero-order chi connectivity index (χ0) is 10.8. The molecule has 1 aliphatic rings. The van der Waals surface area contributed by atoms with E-state index in [9.17, 15) is 9.90 Å². The lowest BCUT2D eigenvalue weighted by atomic mass is 10.3. The molecule has 78 valence electrons. The summed E-state index contributed by atoms with van der Waals surface area (Å²) in [5, 5.41) is 18.1. The molecule has 0 aromatic carbocycles. The number of aliphatic carboxylic acids is 1. The SMILES string of the molecule is O=C(O)[C@@H]1COC(c2ncccc2O)=N1. The van der Waals surface area contributed by atoms with Crippen molar-refractivity contribution in [2.24, 2.45) is 4.99 Å². The third-order valence-corrected chi connectivity index (χ3v) is 1.93. The molecular weight excluding hydrogens is 200 g/mol. The van der Waals surface area contributed by atoms with Gasteiger partial charge in [-0.3, -0.25) is 0 Å². The van der Waals surface area contributed by atoms with Gasteiger partial charge in [0.15, 0.2) is 11.7 Å². The number of aromatic hydroxyl groups is 1. The van der Waals surface area contributed by atoms with Crippen LogP contribution in [0.25, 0.3) is 0 Å². The Balaban J connectivity index is 2.30. The summed E-state index contributed by atoms with van der Waals surface area (Å²) in [6, 6.07) is 2.08. The minimum Gasteiger partial charge on any atom is -0.505 e. The zero-order valence-corrected chi connectivity index (χ0v) is 7.62. The second-order valence-corrected chi connectivity index (χ2v) is 2.97. The van der Waals surface area contributed by atoms with Crippen molar-refractivity contribution in [3.8, 4) is 5.75 Å². The van der Waals surface area contributed by atoms with Gasteiger partial charge in [0.2, 0.25) is 5.90 Å². The van der Waals surface area contributed by atoms with Gasteiger partial charge in [0.05, 0.1) is 0 Å². The molecule has 0 aliphatic carbocycles. The van der Waals surface area contributed by atoms with Crippen LogP contribution in [0.5, 0.6) is 5.75 Å². The van der Waals surface area contributed by atoms with Crippen LogP contribution in [0.4, 0.5) is 0 Å². The average molecular weight is 208 g/mol. The number of aliphatic imine (C=N–C) groups is 1. The summed E-state index contributed by atoms with van der Waals surface area (Å²) in [6.07, 6.45) is 1.47. The fraction of sp³-hybridized carbons (Fsp3) is 0.222. The Kier molecular flexibility index (Phi) is 2.24. The Morgan fingerprint density at radius 2 is 2.40 bits per heavy atom. The van der Waals surface area contributed by atoms with Crippen molar-refractivity contribution in [1.82, 2.24) is 4.98 Å². The van der Waals surface area contributed by atoms with E-state index in [1.807, 2.05) is 0 Å². The molecule has 0 amide bonds. The Bertz CT molecular complexity index is 430. The van der Waals surface area contributed by atoms with E-state index in [1.54, 1.807) is 6.07 Å². The molecule has 1 aromatic heterocycles. The zero-order valence-electron chi connectivity index (χ0n) is 7.62. The molecule has 1 aromatic rings. The van der Waals surface area contributed by atoms with Crippen molar-refractivity contribution >= 4 is 11.9 Å². The van der Waals surface area contributed by atoms with Gasteiger partial charge in [-0.05, 0) is 12.1 Å². The maximum atomic E-state index is 10.6. The molecule has 2 N–H and O–H groups in total. The molecule has 1 aliphatic heterocycles. The summed E-state index contributed by atoms with van der Waals surface area (Å²) in [4.78, 5) is 18.2. The fourth-order valence-corrected chi connectivity index (χ4v) is 1.19. The molecule has 1 atom stereocenters. The quantitative estimate of drug-likeness (QED) is 0.714. The number of ether oxygens (including phenoxy) is 1. The van der Waals surface area contributed by atoms with Gasteiger partial charge in [0.1, 0.15) is 12.4 Å². The number of carbonyl (C=O) groups is 1. The molecule has 6 heteroatoms. The third-order valence-electron chi connectivity index (χ3n) is 1.93. The lowest BCUT2D eigenvalue weighted by Crippen LogP contribution is -2.18. The molecule has 0 bridgehead atoms. The van der Waals surface area contributed by atoms with Crippen LogP contribution in [-0.4, -0.2) is 39.7 Å². The molecule has 0 saturated heterocycles. The van der Waals surface area contributed by atoms with Gasteiger partial charge in [0, 0.05) is 6.20 Å². The first-order valence-electron chi connectivity index (χ1n) is 4.26. The molecule has 0 spiro atoms. The van der Waals surface area contributed by atoms with Gasteiger partial charge in [-0.2, -0.15) is 0 Å². The van der Waals surface area contributed by atoms with Crippen LogP contribution in [0.2, 0.25) is 0 Å². The van der Waals surface area contributed by atoms with Crippen LogP contribution < -0.4 is 0 Å². The molecule has 0 radical (unpaired) electrons. The van der Waals surface area contributed by atoms with Crippen LogP contribution in [0, 0.1) is 0 Å². The molecular formula is C9H8N2O4. The van der Waals surface area contributed by atoms with Gasteiger partial charge < -0.3 is 14.9 Å². The van der Waals surface area contributed by atoms with E-state index < -0.39 is 12.0 Å². The van der Waals surface area contributed by atoms with E-state index in [1.165, 1.54) is 12.3 Å². The number of aromatic nitrogens is 1. The van der Waals surface area contributed by atoms with Gasteiger partial charge in [-0.1, -0.05) is 0 Å². The lowest BCUT2D eigenvalue weighted by molar-refractivity contribution is -0.138. The number of nitrogens with zero attached hydrogens (tertiary/aromatic N) is 2. The molecule has 6 nitrogen and oxygen atoms in total. The minimum atomic E-state index is -1.06. The highest BCUT2D eigenvalue weighted by Gasteiger charge is 2.27. The largest absolute Gasteiger partial charge is 0.505 e. The van der Waals surface area contributed by atoms with Crippen LogP contribution in [0.3, 0.4) is 0 Å². The van der Waals surface area contributed by atoms with Crippen LogP contribution in [0.1, 0.15) is 5.69 Å². The predicted molar refractivity (Wildman–Crippen MR) is 49.8 cm³/mol. The normalized spacial score (nSPS) is 19.5. The van der Waals surface area contributed by atoms with Crippen molar-refractivity contribution < 1.29 is 19.7 Å². The smallest absolute Gasteiger partial charge is 0.332 e. The number of hydrogen-bond donors (Lipinski definition) is 2. The summed E-state index contributed by atoms with van der Waals surface area (Å²) in [5.74, 6) is -1.07. The van der Waals surface area contributed by atoms with E-state index in [-0.39, 0.29) is 23.9 Å². The van der Waals surface area contributed by atoms with Crippen LogP contribution in [0.15, 0.2) is 23.3 Å². The van der Waals surface area contributed by atoms with E-state index >= 15 is 0 Å². The molecule has 2 heterocycles. The lowest BCUT2D eigenvalue weighted by Gasteiger charge is -2.01. The molecule has 0 unspecified atom stereocenters. The van der Waals surface area contributed by atoms with Gasteiger partial charge in [0.25, 0.3) is 0 Å². The average Bonchev–Trinajstić information content (AvgIpc) is 2.67. The van der Waals surface area contributed by atoms with Crippen molar-refractivity contribution in [2.45, 2.75) is 6.04 Å². The van der Waals surface area contributed by atoms with Crippen molar-refractivity contribution in [3.05, 3.63) is 24.0 Å². The summed E-state index contributed by atoms with van der Waals surface area (Å²) < 4.78 is 5.04. The van der Waals surface area contributed by atoms with Crippen LogP contribution in [-0.2, 0) is 9.53 Å². The Morgan fingerprint density at radius 3 is 3.00 bits per heavy atom. The van der Waals surface area contributed by atoms with E-state index in [0.717, 1.165) is 0 Å². The summed E-state index contributed by atoms with van der Waals surface area (Å²) in [6.45, 7) is -0.0271. The fourth-order valence-electron chi connectivity index (χ4n) is 1.19. The van der Waals surface area contributed by atoms with Gasteiger partial charge in [-0.15, -0.1) is 0 Å². The first kappa shape index (κ1) is 9.45. The second-order valence-electron chi connectivity index (χ2n) is 2.97. The third kappa shape index (κ3) is 1.74. The molecule has 0 fully saturated rings. The van der Waals surface area contributed by atoms with Gasteiger partial charge >= 0.3 is 5.97 Å². The highest BCUT2D eigenvalue weighted by atomic mass is 16.5. The molecule has 2 rings (SSSR count). The first-order valence-corrected chi connectivity index (χ1v) is 4.26. The van der Waals surface area contributed by atoms with E-state index in [4.69, 9.17) is 9.84 Å². The number of hydrogen-bond acceptors (Lipinski definition) is 5. The standard InChI is InChI=1S/C9H8N2O4/c12-6-2-1-3-10-7(6)8-11-5(4-15-8)9(13)14/h1-3,5,12H,4H2,(H,13,14)/t5-/m0/s1. The van der Waals surface area contributed by atoms with Crippen molar-refractivity contribution in [3.63, 3.8) is 0 Å². The van der Waals surface area contributed by atoms with Gasteiger partial charge in [-0.25, -0.2) is 14.8 Å². The minimum absolute atomic E-state index is 0.0271.